The highest BCUT2D eigenvalue weighted by atomic mass is 16.2. The second-order valence-electron chi connectivity index (χ2n) is 5.36. The van der Waals surface area contributed by atoms with Gasteiger partial charge in [0.15, 0.2) is 0 Å². The Bertz CT molecular complexity index is 553. The van der Waals surface area contributed by atoms with Gasteiger partial charge in [-0.15, -0.1) is 0 Å². The number of rotatable bonds is 4. The molecule has 0 bridgehead atoms. The molecule has 5 heteroatoms. The molecule has 20 heavy (non-hydrogen) atoms. The Morgan fingerprint density at radius 1 is 1.45 bits per heavy atom. The van der Waals surface area contributed by atoms with Gasteiger partial charge in [-0.1, -0.05) is 12.2 Å². The molecule has 1 aliphatic carbocycles. The molecule has 0 spiro atoms. The second kappa shape index (κ2) is 5.71. The summed E-state index contributed by atoms with van der Waals surface area (Å²) in [5.41, 5.74) is 3.64. The van der Waals surface area contributed by atoms with Crippen LogP contribution < -0.4 is 10.6 Å². The lowest BCUT2D eigenvalue weighted by atomic mass is 10.2. The van der Waals surface area contributed by atoms with Crippen LogP contribution in [0.2, 0.25) is 0 Å². The third-order valence-electron chi connectivity index (χ3n) is 3.90. The Balaban J connectivity index is 1.55. The first-order chi connectivity index (χ1) is 9.74. The topological polar surface area (TPSA) is 66.9 Å². The minimum atomic E-state index is -0.183. The summed E-state index contributed by atoms with van der Waals surface area (Å²) >= 11 is 0. The van der Waals surface area contributed by atoms with E-state index >= 15 is 0 Å². The molecule has 1 aromatic rings. The van der Waals surface area contributed by atoms with Gasteiger partial charge in [-0.25, -0.2) is 9.97 Å². The number of nitrogens with zero attached hydrogens (tertiary/aromatic N) is 2. The maximum atomic E-state index is 11.8. The third kappa shape index (κ3) is 2.72. The average Bonchev–Trinajstić information content (AvgIpc) is 3.09. The van der Waals surface area contributed by atoms with Crippen molar-refractivity contribution in [2.24, 2.45) is 0 Å². The zero-order valence-electron chi connectivity index (χ0n) is 11.8. The number of hydrogen-bond acceptors (Lipinski definition) is 4. The molecular weight excluding hydrogens is 252 g/mol. The first kappa shape index (κ1) is 13.2. The van der Waals surface area contributed by atoms with E-state index < -0.39 is 0 Å². The molecule has 1 aliphatic heterocycles. The van der Waals surface area contributed by atoms with E-state index in [4.69, 9.17) is 0 Å². The maximum absolute atomic E-state index is 11.8. The minimum Gasteiger partial charge on any atom is -0.354 e. The molecule has 1 amide bonds. The predicted octanol–water partition coefficient (Wildman–Crippen LogP) is 0.460. The number of nitrogens with one attached hydrogen (secondary N) is 2. The van der Waals surface area contributed by atoms with Crippen LogP contribution in [0, 0.1) is 6.92 Å². The third-order valence-corrected chi connectivity index (χ3v) is 3.90. The van der Waals surface area contributed by atoms with Crippen LogP contribution in [-0.2, 0) is 24.1 Å². The van der Waals surface area contributed by atoms with Crippen molar-refractivity contribution < 1.29 is 4.79 Å². The van der Waals surface area contributed by atoms with Crippen LogP contribution >= 0.6 is 0 Å². The number of carbonyl (C=O) groups is 1. The van der Waals surface area contributed by atoms with Gasteiger partial charge in [0.25, 0.3) is 0 Å². The highest BCUT2D eigenvalue weighted by Crippen LogP contribution is 2.22. The molecule has 0 aromatic carbocycles. The average molecular weight is 272 g/mol. The molecule has 2 heterocycles. The number of aryl methyl sites for hydroxylation is 2. The lowest BCUT2D eigenvalue weighted by molar-refractivity contribution is -0.121. The fourth-order valence-corrected chi connectivity index (χ4v) is 2.85. The van der Waals surface area contributed by atoms with Crippen molar-refractivity contribution in [2.75, 3.05) is 13.1 Å². The van der Waals surface area contributed by atoms with E-state index in [1.54, 1.807) is 0 Å². The van der Waals surface area contributed by atoms with E-state index in [9.17, 15) is 4.79 Å². The highest BCUT2D eigenvalue weighted by molar-refractivity contribution is 5.84. The summed E-state index contributed by atoms with van der Waals surface area (Å²) in [5, 5.41) is 6.02. The van der Waals surface area contributed by atoms with Crippen molar-refractivity contribution in [3.8, 4) is 0 Å². The van der Waals surface area contributed by atoms with Crippen molar-refractivity contribution in [3.63, 3.8) is 0 Å². The first-order valence-corrected chi connectivity index (χ1v) is 7.27. The SMILES string of the molecule is Cc1nc(CCNC(=O)[C@@H]2C=CCN2)nc2c1CCC2. The van der Waals surface area contributed by atoms with Crippen molar-refractivity contribution >= 4 is 5.91 Å². The molecule has 2 N–H and O–H groups in total. The molecule has 1 aromatic heterocycles. The van der Waals surface area contributed by atoms with Crippen molar-refractivity contribution in [1.29, 1.82) is 0 Å². The summed E-state index contributed by atoms with van der Waals surface area (Å²) in [6.07, 6.45) is 7.91. The van der Waals surface area contributed by atoms with Gasteiger partial charge in [0, 0.05) is 30.9 Å². The van der Waals surface area contributed by atoms with Crippen molar-refractivity contribution in [2.45, 2.75) is 38.6 Å². The molecule has 0 saturated heterocycles. The summed E-state index contributed by atoms with van der Waals surface area (Å²) in [4.78, 5) is 21.0. The molecular formula is C15H20N4O. The van der Waals surface area contributed by atoms with Gasteiger partial charge in [0.1, 0.15) is 11.9 Å². The van der Waals surface area contributed by atoms with Crippen molar-refractivity contribution in [3.05, 3.63) is 34.9 Å². The largest absolute Gasteiger partial charge is 0.354 e. The van der Waals surface area contributed by atoms with Crippen molar-refractivity contribution in [1.82, 2.24) is 20.6 Å². The number of fused-ring (bicyclic) bond motifs is 1. The summed E-state index contributed by atoms with van der Waals surface area (Å²) in [6.45, 7) is 3.41. The molecule has 0 fully saturated rings. The van der Waals surface area contributed by atoms with E-state index in [0.717, 1.165) is 30.9 Å². The van der Waals surface area contributed by atoms with Gasteiger partial charge < -0.3 is 5.32 Å². The van der Waals surface area contributed by atoms with Gasteiger partial charge in [0.2, 0.25) is 5.91 Å². The van der Waals surface area contributed by atoms with Crippen LogP contribution in [0.3, 0.4) is 0 Å². The molecule has 3 rings (SSSR count). The Morgan fingerprint density at radius 3 is 3.15 bits per heavy atom. The Kier molecular flexibility index (Phi) is 3.78. The first-order valence-electron chi connectivity index (χ1n) is 7.27. The van der Waals surface area contributed by atoms with Gasteiger partial charge in [-0.2, -0.15) is 0 Å². The van der Waals surface area contributed by atoms with Gasteiger partial charge >= 0.3 is 0 Å². The van der Waals surface area contributed by atoms with Crippen LogP contribution in [0.4, 0.5) is 0 Å². The Labute approximate surface area is 118 Å². The predicted molar refractivity (Wildman–Crippen MR) is 76.4 cm³/mol. The van der Waals surface area contributed by atoms with E-state index in [-0.39, 0.29) is 11.9 Å². The number of aromatic nitrogens is 2. The van der Waals surface area contributed by atoms with Gasteiger partial charge in [0.05, 0.1) is 0 Å². The second-order valence-corrected chi connectivity index (χ2v) is 5.36. The summed E-state index contributed by atoms with van der Waals surface area (Å²) in [5.74, 6) is 0.870. The van der Waals surface area contributed by atoms with Crippen LogP contribution in [-0.4, -0.2) is 35.0 Å². The molecule has 1 atom stereocenters. The molecule has 5 nitrogen and oxygen atoms in total. The highest BCUT2D eigenvalue weighted by Gasteiger charge is 2.18. The van der Waals surface area contributed by atoms with E-state index in [2.05, 4.69) is 27.5 Å². The van der Waals surface area contributed by atoms with Crippen LogP contribution in [0.1, 0.15) is 29.2 Å². The normalized spacial score (nSPS) is 20.1. The van der Waals surface area contributed by atoms with Crippen LogP contribution in [0.25, 0.3) is 0 Å². The fraction of sp³-hybridized carbons (Fsp3) is 0.533. The quantitative estimate of drug-likeness (QED) is 0.782. The lowest BCUT2D eigenvalue weighted by Gasteiger charge is -2.11. The fourth-order valence-electron chi connectivity index (χ4n) is 2.85. The zero-order valence-corrected chi connectivity index (χ0v) is 11.8. The summed E-state index contributed by atoms with van der Waals surface area (Å²) in [6, 6.07) is -0.183. The standard InChI is InChI=1S/C15H20N4O/c1-10-11-4-2-5-12(11)19-14(18-10)7-9-17-15(20)13-6-3-8-16-13/h3,6,13,16H,2,4-5,7-9H2,1H3,(H,17,20)/t13-/m0/s1. The number of hydrogen-bond donors (Lipinski definition) is 2. The van der Waals surface area contributed by atoms with Crippen LogP contribution in [0.15, 0.2) is 12.2 Å². The van der Waals surface area contributed by atoms with E-state index in [1.807, 2.05) is 12.2 Å². The van der Waals surface area contributed by atoms with Gasteiger partial charge in [-0.05, 0) is 31.7 Å². The number of carbonyl (C=O) groups excluding carboxylic acids is 1. The number of amides is 1. The Hall–Kier alpha value is -1.75. The van der Waals surface area contributed by atoms with Gasteiger partial charge in [-0.3, -0.25) is 10.1 Å². The smallest absolute Gasteiger partial charge is 0.241 e. The van der Waals surface area contributed by atoms with E-state index in [1.165, 1.54) is 17.7 Å². The van der Waals surface area contributed by atoms with E-state index in [0.29, 0.717) is 13.0 Å². The zero-order chi connectivity index (χ0) is 13.9. The monoisotopic (exact) mass is 272 g/mol. The summed E-state index contributed by atoms with van der Waals surface area (Å²) in [7, 11) is 0. The Morgan fingerprint density at radius 2 is 2.35 bits per heavy atom. The lowest BCUT2D eigenvalue weighted by Crippen LogP contribution is -2.41. The summed E-state index contributed by atoms with van der Waals surface area (Å²) < 4.78 is 0. The molecule has 0 radical (unpaired) electrons. The maximum Gasteiger partial charge on any atom is 0.241 e. The molecule has 0 saturated carbocycles. The molecule has 0 unspecified atom stereocenters. The minimum absolute atomic E-state index is 0.0247. The molecule has 106 valence electrons. The van der Waals surface area contributed by atoms with Crippen LogP contribution in [0.5, 0.6) is 0 Å². The molecule has 2 aliphatic rings.